The molecule has 136 valence electrons. The average molecular weight is 383 g/mol. The number of hydrogen-bond acceptors (Lipinski definition) is 10. The van der Waals surface area contributed by atoms with Crippen molar-refractivity contribution in [3.05, 3.63) is 61.5 Å². The molecule has 0 aliphatic carbocycles. The first-order valence-corrected chi connectivity index (χ1v) is 8.55. The highest BCUT2D eigenvalue weighted by atomic mass is 32.1. The molecule has 0 unspecified atom stereocenters. The minimum atomic E-state index is -0.774. The molecule has 0 aliphatic rings. The van der Waals surface area contributed by atoms with Crippen LogP contribution in [-0.4, -0.2) is 24.1 Å². The number of nitrogens with one attached hydrogen (secondary N) is 3. The maximum atomic E-state index is 12.6. The van der Waals surface area contributed by atoms with Gasteiger partial charge < -0.3 is 4.98 Å². The molecule has 4 aromatic rings. The molecule has 0 amide bonds. The lowest BCUT2D eigenvalue weighted by molar-refractivity contribution is 0.770. The number of H-pyrrole nitrogens is 1. The van der Waals surface area contributed by atoms with Crippen molar-refractivity contribution in [1.82, 2.24) is 24.1 Å². The summed E-state index contributed by atoms with van der Waals surface area (Å²) in [4.78, 5) is 32.2. The Morgan fingerprint density at radius 2 is 1.93 bits per heavy atom. The summed E-state index contributed by atoms with van der Waals surface area (Å²) in [5, 5.41) is 13.0. The quantitative estimate of drug-likeness (QED) is 0.319. The van der Waals surface area contributed by atoms with E-state index in [4.69, 9.17) is 0 Å². The van der Waals surface area contributed by atoms with Crippen molar-refractivity contribution in [3.8, 4) is 0 Å². The zero-order chi connectivity index (χ0) is 19.0. The number of fused-ring (bicyclic) bond motifs is 1. The smallest absolute Gasteiger partial charge is 0.257 e. The molecule has 3 N–H and O–H groups in total. The molecule has 0 atom stereocenters. The fourth-order valence-electron chi connectivity index (χ4n) is 2.47. The molecule has 27 heavy (non-hydrogen) atoms. The number of anilines is 2. The van der Waals surface area contributed by atoms with Crippen LogP contribution in [0.15, 0.2) is 44.3 Å². The van der Waals surface area contributed by atoms with E-state index in [-0.39, 0.29) is 10.7 Å². The Kier molecular flexibility index (Phi) is 4.08. The summed E-state index contributed by atoms with van der Waals surface area (Å²) in [5.74, 6) is 1.16. The fraction of sp³-hybridized carbons (Fsp3) is 0.133. The molecule has 3 aromatic heterocycles. The third-order valence-corrected chi connectivity index (χ3v) is 4.48. The van der Waals surface area contributed by atoms with Crippen LogP contribution in [0.25, 0.3) is 10.9 Å². The fourth-order valence-corrected chi connectivity index (χ4v) is 2.99. The number of rotatable bonds is 4. The third kappa shape index (κ3) is 3.01. The highest BCUT2D eigenvalue weighted by Gasteiger charge is 2.11. The molecule has 0 saturated carbocycles. The van der Waals surface area contributed by atoms with Crippen molar-refractivity contribution in [2.24, 2.45) is 17.3 Å². The maximum absolute atomic E-state index is 12.6. The third-order valence-electron chi connectivity index (χ3n) is 3.77. The van der Waals surface area contributed by atoms with Gasteiger partial charge in [-0.15, -0.1) is 0 Å². The van der Waals surface area contributed by atoms with Gasteiger partial charge in [0.15, 0.2) is 5.36 Å². The molecule has 11 nitrogen and oxygen atoms in total. The topological polar surface area (TPSA) is 142 Å². The Morgan fingerprint density at radius 3 is 2.63 bits per heavy atom. The first-order chi connectivity index (χ1) is 13.0. The minimum absolute atomic E-state index is 0.00293. The Labute approximate surface area is 154 Å². The number of benzene rings is 1. The van der Waals surface area contributed by atoms with Crippen molar-refractivity contribution in [2.75, 3.05) is 10.9 Å². The molecule has 0 saturated heterocycles. The van der Waals surface area contributed by atoms with E-state index in [1.54, 1.807) is 43.2 Å². The van der Waals surface area contributed by atoms with Crippen LogP contribution in [0.4, 0.5) is 10.9 Å². The van der Waals surface area contributed by atoms with E-state index >= 15 is 0 Å². The molecule has 0 bridgehead atoms. The first-order valence-electron chi connectivity index (χ1n) is 7.77. The largest absolute Gasteiger partial charge is 0.359 e. The lowest BCUT2D eigenvalue weighted by Gasteiger charge is -1.99. The number of aryl methyl sites for hydroxylation is 2. The molecule has 0 spiro atoms. The van der Waals surface area contributed by atoms with Crippen LogP contribution >= 0.6 is 11.5 Å². The van der Waals surface area contributed by atoms with Crippen LogP contribution in [0.2, 0.25) is 0 Å². The SMILES string of the molecule is Cc1nsc(N/N=c2\c(=O)c(=O)/c(=N/Nc3ccnn3C)c3cc[nH]c23)n1. The second-order valence-electron chi connectivity index (χ2n) is 5.56. The molecule has 4 rings (SSSR count). The molecular weight excluding hydrogens is 370 g/mol. The van der Waals surface area contributed by atoms with Crippen LogP contribution in [0.5, 0.6) is 0 Å². The zero-order valence-corrected chi connectivity index (χ0v) is 15.0. The maximum Gasteiger partial charge on any atom is 0.257 e. The van der Waals surface area contributed by atoms with Gasteiger partial charge in [-0.3, -0.25) is 25.1 Å². The number of aromatic amines is 1. The van der Waals surface area contributed by atoms with Crippen molar-refractivity contribution in [2.45, 2.75) is 6.92 Å². The highest BCUT2D eigenvalue weighted by molar-refractivity contribution is 7.09. The van der Waals surface area contributed by atoms with Gasteiger partial charge in [0.25, 0.3) is 10.9 Å². The standard InChI is InChI=1S/C15H13N9O2S/c1-7-18-15(27-23-7)22-21-12-10-8(3-5-16-10)11(13(25)14(12)26)20-19-9-4-6-17-24(9)2/h3-6,16,19H,1-2H3,(H,18,22,23)/b20-11+,21-12-. The Hall–Kier alpha value is -3.67. The monoisotopic (exact) mass is 383 g/mol. The predicted molar refractivity (Wildman–Crippen MR) is 99.4 cm³/mol. The number of aromatic nitrogens is 5. The van der Waals surface area contributed by atoms with Gasteiger partial charge in [0.2, 0.25) is 5.13 Å². The normalized spacial score (nSPS) is 12.8. The lowest BCUT2D eigenvalue weighted by Crippen LogP contribution is -2.48. The second-order valence-corrected chi connectivity index (χ2v) is 6.31. The summed E-state index contributed by atoms with van der Waals surface area (Å²) in [6.07, 6.45) is 3.20. The molecule has 0 fully saturated rings. The van der Waals surface area contributed by atoms with Gasteiger partial charge in [-0.2, -0.15) is 19.7 Å². The van der Waals surface area contributed by atoms with Crippen molar-refractivity contribution in [1.29, 1.82) is 0 Å². The van der Waals surface area contributed by atoms with Crippen LogP contribution in [-0.2, 0) is 7.05 Å². The highest BCUT2D eigenvalue weighted by Crippen LogP contribution is 2.09. The molecule has 0 aliphatic heterocycles. The molecule has 12 heteroatoms. The van der Waals surface area contributed by atoms with Crippen molar-refractivity contribution in [3.63, 3.8) is 0 Å². The lowest BCUT2D eigenvalue weighted by atomic mass is 10.2. The van der Waals surface area contributed by atoms with E-state index < -0.39 is 10.9 Å². The summed E-state index contributed by atoms with van der Waals surface area (Å²) < 4.78 is 5.57. The summed E-state index contributed by atoms with van der Waals surface area (Å²) in [6, 6.07) is 3.35. The van der Waals surface area contributed by atoms with Gasteiger partial charge >= 0.3 is 0 Å². The van der Waals surface area contributed by atoms with Gasteiger partial charge in [-0.1, -0.05) is 0 Å². The average Bonchev–Trinajstić information content (AvgIpc) is 3.37. The van der Waals surface area contributed by atoms with Crippen LogP contribution in [0, 0.1) is 6.92 Å². The summed E-state index contributed by atoms with van der Waals surface area (Å²) in [7, 11) is 1.73. The van der Waals surface area contributed by atoms with E-state index in [2.05, 4.69) is 40.5 Å². The van der Waals surface area contributed by atoms with Crippen LogP contribution in [0.3, 0.4) is 0 Å². The van der Waals surface area contributed by atoms with Gasteiger partial charge in [-0.05, 0) is 13.0 Å². The second kappa shape index (κ2) is 6.57. The summed E-state index contributed by atoms with van der Waals surface area (Å²) in [5.41, 5.74) is 4.28. The molecule has 0 radical (unpaired) electrons. The Morgan fingerprint density at radius 1 is 1.15 bits per heavy atom. The van der Waals surface area contributed by atoms with Gasteiger partial charge in [0.05, 0.1) is 11.7 Å². The predicted octanol–water partition coefficient (Wildman–Crippen LogP) is -0.487. The molecule has 1 aromatic carbocycles. The summed E-state index contributed by atoms with van der Waals surface area (Å²) >= 11 is 1.10. The van der Waals surface area contributed by atoms with E-state index in [1.807, 2.05) is 0 Å². The van der Waals surface area contributed by atoms with Crippen molar-refractivity contribution >= 4 is 33.4 Å². The Balaban J connectivity index is 1.86. The Bertz CT molecular complexity index is 1350. The molecular formula is C15H13N9O2S. The van der Waals surface area contributed by atoms with Gasteiger partial charge in [0.1, 0.15) is 17.0 Å². The summed E-state index contributed by atoms with van der Waals surface area (Å²) in [6.45, 7) is 1.74. The van der Waals surface area contributed by atoms with E-state index in [0.29, 0.717) is 27.7 Å². The minimum Gasteiger partial charge on any atom is -0.359 e. The van der Waals surface area contributed by atoms with Crippen LogP contribution < -0.4 is 32.4 Å². The van der Waals surface area contributed by atoms with E-state index in [1.165, 1.54) is 0 Å². The first kappa shape index (κ1) is 16.8. The number of hydrogen-bond donors (Lipinski definition) is 3. The van der Waals surface area contributed by atoms with Gasteiger partial charge in [0, 0.05) is 36.2 Å². The van der Waals surface area contributed by atoms with Crippen LogP contribution in [0.1, 0.15) is 5.82 Å². The molecule has 3 heterocycles. The van der Waals surface area contributed by atoms with E-state index in [9.17, 15) is 9.59 Å². The number of nitrogens with zero attached hydrogens (tertiary/aromatic N) is 6. The van der Waals surface area contributed by atoms with E-state index in [0.717, 1.165) is 11.5 Å². The zero-order valence-electron chi connectivity index (χ0n) is 14.2. The van der Waals surface area contributed by atoms with Gasteiger partial charge in [-0.25, -0.2) is 4.98 Å². The van der Waals surface area contributed by atoms with Crippen molar-refractivity contribution < 1.29 is 0 Å².